The van der Waals surface area contributed by atoms with Crippen LogP contribution in [0.15, 0.2) is 46.0 Å². The average Bonchev–Trinajstić information content (AvgIpc) is 3.02. The van der Waals surface area contributed by atoms with Gasteiger partial charge in [0.05, 0.1) is 29.9 Å². The molecule has 2 heterocycles. The number of pyridine rings is 1. The summed E-state index contributed by atoms with van der Waals surface area (Å²) in [7, 11) is 2.72. The zero-order valence-corrected chi connectivity index (χ0v) is 17.0. The van der Waals surface area contributed by atoms with Crippen molar-refractivity contribution in [3.05, 3.63) is 74.2 Å². The number of carbonyl (C=O) groups excluding carboxylic acids is 1. The molecule has 4 rings (SSSR count). The Balaban J connectivity index is 2.06. The average molecular weight is 409 g/mol. The molecule has 0 saturated carbocycles. The maximum Gasteiger partial charge on any atom is 0.347 e. The van der Waals surface area contributed by atoms with E-state index in [4.69, 9.17) is 9.72 Å². The van der Waals surface area contributed by atoms with Crippen LogP contribution in [0.4, 0.5) is 0 Å². The van der Waals surface area contributed by atoms with Crippen molar-refractivity contribution in [1.82, 2.24) is 24.6 Å². The largest absolute Gasteiger partial charge is 0.465 e. The zero-order valence-electron chi connectivity index (χ0n) is 17.0. The number of fused-ring (bicyclic) bond motifs is 2. The topological polar surface area (TPSA) is 111 Å². The third-order valence-electron chi connectivity index (χ3n) is 5.33. The second-order valence-corrected chi connectivity index (χ2v) is 7.18. The minimum Gasteiger partial charge on any atom is -0.465 e. The van der Waals surface area contributed by atoms with Gasteiger partial charge < -0.3 is 10.1 Å². The highest BCUT2D eigenvalue weighted by Crippen LogP contribution is 2.37. The lowest BCUT2D eigenvalue weighted by Crippen LogP contribution is -2.33. The Hall–Kier alpha value is -3.46. The van der Waals surface area contributed by atoms with Crippen LogP contribution in [0.3, 0.4) is 0 Å². The number of aromatic nitrogens is 4. The molecule has 0 bridgehead atoms. The molecule has 156 valence electrons. The molecule has 0 aliphatic heterocycles. The molecule has 1 aliphatic carbocycles. The van der Waals surface area contributed by atoms with Gasteiger partial charge in [-0.2, -0.15) is 0 Å². The molecule has 1 aromatic carbocycles. The summed E-state index contributed by atoms with van der Waals surface area (Å²) in [5, 5.41) is 6.62. The Labute approximate surface area is 172 Å². The number of hydrogen-bond acceptors (Lipinski definition) is 6. The van der Waals surface area contributed by atoms with Gasteiger partial charge in [-0.05, 0) is 19.0 Å². The van der Waals surface area contributed by atoms with Gasteiger partial charge in [0.25, 0.3) is 0 Å². The van der Waals surface area contributed by atoms with E-state index >= 15 is 0 Å². The smallest absolute Gasteiger partial charge is 0.347 e. The number of benzene rings is 1. The molecular weight excluding hydrogens is 386 g/mol. The van der Waals surface area contributed by atoms with Crippen molar-refractivity contribution < 1.29 is 9.53 Å². The number of methoxy groups -OCH3 is 1. The van der Waals surface area contributed by atoms with E-state index in [1.54, 1.807) is 12.1 Å². The molecule has 3 aromatic rings. The molecule has 0 amide bonds. The lowest BCUT2D eigenvalue weighted by molar-refractivity contribution is 0.0600. The van der Waals surface area contributed by atoms with Crippen LogP contribution in [0, 0.1) is 0 Å². The van der Waals surface area contributed by atoms with Crippen LogP contribution >= 0.6 is 0 Å². The van der Waals surface area contributed by atoms with E-state index < -0.39 is 23.4 Å². The van der Waals surface area contributed by atoms with Gasteiger partial charge in [-0.3, -0.25) is 4.98 Å². The van der Waals surface area contributed by atoms with Crippen LogP contribution in [0.1, 0.15) is 47.0 Å². The van der Waals surface area contributed by atoms with Crippen molar-refractivity contribution in [2.75, 3.05) is 13.7 Å². The minimum absolute atomic E-state index is 0.240. The fourth-order valence-electron chi connectivity index (χ4n) is 3.85. The minimum atomic E-state index is -0.702. The van der Waals surface area contributed by atoms with E-state index in [0.29, 0.717) is 27.7 Å². The van der Waals surface area contributed by atoms with E-state index in [-0.39, 0.29) is 6.04 Å². The van der Waals surface area contributed by atoms with Crippen molar-refractivity contribution in [2.24, 2.45) is 7.05 Å². The Kier molecular flexibility index (Phi) is 5.13. The first-order valence-corrected chi connectivity index (χ1v) is 9.78. The Morgan fingerprint density at radius 2 is 2.03 bits per heavy atom. The monoisotopic (exact) mass is 409 g/mol. The maximum absolute atomic E-state index is 12.9. The standard InChI is InChI=1S/C21H23N5O4/c1-4-11-22-14-9-10-15(26-21(29)25(2)20(28)24-26)17-16(19(27)30-3)12-7-5-6-8-13(12)23-18(14)17/h5-10,14-15,22H,4,11H2,1-3H3,(H,24,28)/t14-,15+/m0/s1. The van der Waals surface area contributed by atoms with Crippen molar-refractivity contribution in [1.29, 1.82) is 0 Å². The Bertz CT molecular complexity index is 1270. The predicted molar refractivity (Wildman–Crippen MR) is 112 cm³/mol. The first-order chi connectivity index (χ1) is 14.5. The van der Waals surface area contributed by atoms with Gasteiger partial charge in [0.15, 0.2) is 0 Å². The molecule has 0 radical (unpaired) electrons. The van der Waals surface area contributed by atoms with E-state index in [0.717, 1.165) is 17.5 Å². The first kappa shape index (κ1) is 19.8. The number of rotatable bonds is 5. The summed E-state index contributed by atoms with van der Waals surface area (Å²) in [6.07, 6.45) is 4.63. The molecule has 0 saturated heterocycles. The highest BCUT2D eigenvalue weighted by molar-refractivity contribution is 6.05. The summed E-state index contributed by atoms with van der Waals surface area (Å²) in [6, 6.07) is 6.37. The molecule has 2 N–H and O–H groups in total. The van der Waals surface area contributed by atoms with Gasteiger partial charge in [0.1, 0.15) is 6.04 Å². The highest BCUT2D eigenvalue weighted by atomic mass is 16.5. The number of allylic oxidation sites excluding steroid dienone is 1. The summed E-state index contributed by atoms with van der Waals surface area (Å²) in [6.45, 7) is 2.81. The second kappa shape index (κ2) is 7.75. The molecule has 2 aromatic heterocycles. The number of para-hydroxylation sites is 1. The summed E-state index contributed by atoms with van der Waals surface area (Å²) in [4.78, 5) is 42.4. The van der Waals surface area contributed by atoms with Crippen LogP contribution < -0.4 is 16.7 Å². The van der Waals surface area contributed by atoms with Gasteiger partial charge in [0.2, 0.25) is 0 Å². The fourth-order valence-corrected chi connectivity index (χ4v) is 3.85. The van der Waals surface area contributed by atoms with Gasteiger partial charge in [0, 0.05) is 18.0 Å². The fraction of sp³-hybridized carbons (Fsp3) is 0.333. The molecule has 0 spiro atoms. The number of nitrogens with zero attached hydrogens (tertiary/aromatic N) is 3. The molecule has 1 aliphatic rings. The number of H-pyrrole nitrogens is 1. The molecular formula is C21H23N5O4. The summed E-state index contributed by atoms with van der Waals surface area (Å²) >= 11 is 0. The van der Waals surface area contributed by atoms with Crippen molar-refractivity contribution in [3.63, 3.8) is 0 Å². The predicted octanol–water partition coefficient (Wildman–Crippen LogP) is 1.41. The number of carbonyl (C=O) groups is 1. The molecule has 0 fully saturated rings. The molecule has 9 heteroatoms. The van der Waals surface area contributed by atoms with Crippen LogP contribution in [-0.4, -0.2) is 39.0 Å². The van der Waals surface area contributed by atoms with Gasteiger partial charge in [-0.15, -0.1) is 0 Å². The Morgan fingerprint density at radius 1 is 1.27 bits per heavy atom. The van der Waals surface area contributed by atoms with E-state index in [2.05, 4.69) is 17.3 Å². The number of hydrogen-bond donors (Lipinski definition) is 2. The third-order valence-corrected chi connectivity index (χ3v) is 5.33. The molecule has 2 atom stereocenters. The SMILES string of the molecule is CCCN[C@H]1C=C[C@@H](n2[nH]c(=O)n(C)c2=O)c2c1nc1ccccc1c2C(=O)OC. The molecule has 0 unspecified atom stereocenters. The van der Waals surface area contributed by atoms with Gasteiger partial charge in [-0.1, -0.05) is 37.3 Å². The van der Waals surface area contributed by atoms with Crippen LogP contribution in [-0.2, 0) is 11.8 Å². The highest BCUT2D eigenvalue weighted by Gasteiger charge is 2.33. The number of esters is 1. The summed E-state index contributed by atoms with van der Waals surface area (Å²) < 4.78 is 7.30. The van der Waals surface area contributed by atoms with Crippen LogP contribution in [0.2, 0.25) is 0 Å². The lowest BCUT2D eigenvalue weighted by atomic mass is 9.87. The summed E-state index contributed by atoms with van der Waals surface area (Å²) in [5.74, 6) is -0.522. The number of aromatic amines is 1. The molecule has 30 heavy (non-hydrogen) atoms. The normalized spacial score (nSPS) is 17.8. The van der Waals surface area contributed by atoms with Gasteiger partial charge >= 0.3 is 17.3 Å². The second-order valence-electron chi connectivity index (χ2n) is 7.18. The lowest BCUT2D eigenvalue weighted by Gasteiger charge is -2.29. The quantitative estimate of drug-likeness (QED) is 0.487. The summed E-state index contributed by atoms with van der Waals surface area (Å²) in [5.41, 5.74) is 1.13. The van der Waals surface area contributed by atoms with Gasteiger partial charge in [-0.25, -0.2) is 28.7 Å². The van der Waals surface area contributed by atoms with Crippen molar-refractivity contribution in [3.8, 4) is 0 Å². The third kappa shape index (κ3) is 3.07. The molecule has 9 nitrogen and oxygen atoms in total. The van der Waals surface area contributed by atoms with Crippen molar-refractivity contribution in [2.45, 2.75) is 25.4 Å². The zero-order chi connectivity index (χ0) is 21.4. The van der Waals surface area contributed by atoms with E-state index in [9.17, 15) is 14.4 Å². The first-order valence-electron chi connectivity index (χ1n) is 9.78. The van der Waals surface area contributed by atoms with Crippen LogP contribution in [0.5, 0.6) is 0 Å². The van der Waals surface area contributed by atoms with E-state index in [1.165, 1.54) is 18.8 Å². The van der Waals surface area contributed by atoms with Crippen LogP contribution in [0.25, 0.3) is 10.9 Å². The Morgan fingerprint density at radius 3 is 2.70 bits per heavy atom. The number of nitrogens with one attached hydrogen (secondary N) is 2. The van der Waals surface area contributed by atoms with E-state index in [1.807, 2.05) is 24.3 Å². The van der Waals surface area contributed by atoms with Crippen molar-refractivity contribution >= 4 is 16.9 Å². The number of ether oxygens (including phenoxy) is 1. The maximum atomic E-state index is 12.9.